The molecule has 0 aliphatic heterocycles. The Kier molecular flexibility index (Phi) is 3.85. The lowest BCUT2D eigenvalue weighted by Gasteiger charge is -2.13. The van der Waals surface area contributed by atoms with Crippen LogP contribution in [0.25, 0.3) is 0 Å². The largest absolute Gasteiger partial charge is 0.469 e. The highest BCUT2D eigenvalue weighted by atomic mass is 32.2. The summed E-state index contributed by atoms with van der Waals surface area (Å²) >= 11 is 1.78. The van der Waals surface area contributed by atoms with Gasteiger partial charge in [-0.1, -0.05) is 6.07 Å². The molecule has 0 spiro atoms. The Balaban J connectivity index is 1.91. The number of ether oxygens (including phenoxy) is 1. The van der Waals surface area contributed by atoms with Crippen LogP contribution in [0.2, 0.25) is 0 Å². The van der Waals surface area contributed by atoms with E-state index in [-0.39, 0.29) is 11.4 Å². The number of anilines is 1. The van der Waals surface area contributed by atoms with Gasteiger partial charge in [-0.05, 0) is 42.9 Å². The highest BCUT2D eigenvalue weighted by molar-refractivity contribution is 7.99. The van der Waals surface area contributed by atoms with Gasteiger partial charge in [0, 0.05) is 16.3 Å². The van der Waals surface area contributed by atoms with Crippen LogP contribution < -0.4 is 5.73 Å². The fourth-order valence-corrected chi connectivity index (χ4v) is 3.11. The molecule has 0 unspecified atom stereocenters. The first-order chi connectivity index (χ1) is 8.54. The average molecular weight is 265 g/mol. The molecular weight excluding hydrogens is 246 g/mol. The third kappa shape index (κ3) is 3.19. The smallest absolute Gasteiger partial charge is 0.306 e. The zero-order valence-electron chi connectivity index (χ0n) is 10.9. The molecule has 1 aliphatic rings. The summed E-state index contributed by atoms with van der Waals surface area (Å²) in [4.78, 5) is 12.5. The van der Waals surface area contributed by atoms with Crippen molar-refractivity contribution in [3.05, 3.63) is 23.8 Å². The quantitative estimate of drug-likeness (QED) is 0.505. The summed E-state index contributed by atoms with van der Waals surface area (Å²) in [6, 6.07) is 6.14. The van der Waals surface area contributed by atoms with Crippen LogP contribution >= 0.6 is 11.8 Å². The van der Waals surface area contributed by atoms with Gasteiger partial charge in [-0.25, -0.2) is 0 Å². The van der Waals surface area contributed by atoms with Crippen LogP contribution in [0.1, 0.15) is 24.8 Å². The average Bonchev–Trinajstić information content (AvgIpc) is 3.11. The van der Waals surface area contributed by atoms with E-state index >= 15 is 0 Å². The molecule has 4 heteroatoms. The van der Waals surface area contributed by atoms with Crippen molar-refractivity contribution in [1.82, 2.24) is 0 Å². The molecule has 0 radical (unpaired) electrons. The fraction of sp³-hybridized carbons (Fsp3) is 0.500. The van der Waals surface area contributed by atoms with Crippen LogP contribution in [0.4, 0.5) is 5.69 Å². The van der Waals surface area contributed by atoms with Gasteiger partial charge >= 0.3 is 5.97 Å². The van der Waals surface area contributed by atoms with Crippen molar-refractivity contribution >= 4 is 23.4 Å². The summed E-state index contributed by atoms with van der Waals surface area (Å²) in [5.74, 6) is 0.862. The molecular formula is C14H19NO2S. The van der Waals surface area contributed by atoms with Crippen LogP contribution in [0.3, 0.4) is 0 Å². The first kappa shape index (κ1) is 13.3. The van der Waals surface area contributed by atoms with Crippen LogP contribution in [0.15, 0.2) is 23.1 Å². The van der Waals surface area contributed by atoms with E-state index in [4.69, 9.17) is 10.5 Å². The maximum absolute atomic E-state index is 11.3. The molecule has 0 aromatic heterocycles. The second kappa shape index (κ2) is 5.22. The Morgan fingerprint density at radius 1 is 1.50 bits per heavy atom. The molecule has 0 atom stereocenters. The first-order valence-corrected chi connectivity index (χ1v) is 7.09. The van der Waals surface area contributed by atoms with Crippen molar-refractivity contribution in [3.63, 3.8) is 0 Å². The Bertz CT molecular complexity index is 455. The summed E-state index contributed by atoms with van der Waals surface area (Å²) in [7, 11) is 1.45. The zero-order chi connectivity index (χ0) is 13.2. The van der Waals surface area contributed by atoms with Gasteiger partial charge in [0.05, 0.1) is 13.5 Å². The SMILES string of the molecule is COC(=O)CC1(CSc2ccc(C)c(N)c2)CC1. The van der Waals surface area contributed by atoms with Gasteiger partial charge in [0.25, 0.3) is 0 Å². The third-order valence-electron chi connectivity index (χ3n) is 3.50. The van der Waals surface area contributed by atoms with E-state index < -0.39 is 0 Å². The Labute approximate surface area is 112 Å². The highest BCUT2D eigenvalue weighted by Gasteiger charge is 2.44. The number of hydrogen-bond donors (Lipinski definition) is 1. The molecule has 2 rings (SSSR count). The van der Waals surface area contributed by atoms with Crippen molar-refractivity contribution in [2.24, 2.45) is 5.41 Å². The van der Waals surface area contributed by atoms with E-state index in [2.05, 4.69) is 6.07 Å². The Morgan fingerprint density at radius 3 is 2.78 bits per heavy atom. The molecule has 0 bridgehead atoms. The molecule has 3 nitrogen and oxygen atoms in total. The molecule has 1 fully saturated rings. The lowest BCUT2D eigenvalue weighted by molar-refractivity contribution is -0.141. The monoisotopic (exact) mass is 265 g/mol. The number of rotatable bonds is 5. The van der Waals surface area contributed by atoms with Gasteiger partial charge in [0.2, 0.25) is 0 Å². The Morgan fingerprint density at radius 2 is 2.22 bits per heavy atom. The number of aryl methyl sites for hydroxylation is 1. The van der Waals surface area contributed by atoms with Gasteiger partial charge in [0.15, 0.2) is 0 Å². The molecule has 1 aromatic rings. The lowest BCUT2D eigenvalue weighted by Crippen LogP contribution is -2.12. The molecule has 98 valence electrons. The maximum Gasteiger partial charge on any atom is 0.306 e. The number of hydrogen-bond acceptors (Lipinski definition) is 4. The van der Waals surface area contributed by atoms with Gasteiger partial charge in [-0.2, -0.15) is 0 Å². The van der Waals surface area contributed by atoms with E-state index in [0.29, 0.717) is 6.42 Å². The molecule has 18 heavy (non-hydrogen) atoms. The number of nitrogen functional groups attached to an aromatic ring is 1. The number of thioether (sulfide) groups is 1. The maximum atomic E-state index is 11.3. The molecule has 0 heterocycles. The van der Waals surface area contributed by atoms with Crippen LogP contribution in [0.5, 0.6) is 0 Å². The predicted molar refractivity (Wildman–Crippen MR) is 74.6 cm³/mol. The summed E-state index contributed by atoms with van der Waals surface area (Å²) in [5.41, 5.74) is 7.99. The zero-order valence-corrected chi connectivity index (χ0v) is 11.7. The predicted octanol–water partition coefficient (Wildman–Crippen LogP) is 3.01. The van der Waals surface area contributed by atoms with Crippen molar-refractivity contribution in [1.29, 1.82) is 0 Å². The minimum Gasteiger partial charge on any atom is -0.469 e. The first-order valence-electron chi connectivity index (χ1n) is 6.10. The molecule has 1 aliphatic carbocycles. The van der Waals surface area contributed by atoms with Crippen LogP contribution in [-0.2, 0) is 9.53 Å². The normalized spacial score (nSPS) is 16.3. The number of carbonyl (C=O) groups excluding carboxylic acids is 1. The van der Waals surface area contributed by atoms with Crippen LogP contribution in [0, 0.1) is 12.3 Å². The topological polar surface area (TPSA) is 52.3 Å². The number of esters is 1. The van der Waals surface area contributed by atoms with Gasteiger partial charge in [-0.15, -0.1) is 11.8 Å². The highest BCUT2D eigenvalue weighted by Crippen LogP contribution is 2.52. The van der Waals surface area contributed by atoms with Crippen LogP contribution in [-0.4, -0.2) is 18.8 Å². The summed E-state index contributed by atoms with van der Waals surface area (Å²) in [6.45, 7) is 2.00. The molecule has 0 amide bonds. The number of carbonyl (C=O) groups is 1. The second-order valence-electron chi connectivity index (χ2n) is 5.06. The van der Waals surface area contributed by atoms with Gasteiger partial charge < -0.3 is 10.5 Å². The standard InChI is InChI=1S/C14H19NO2S/c1-10-3-4-11(7-12(10)15)18-9-14(5-6-14)8-13(16)17-2/h3-4,7H,5-6,8-9,15H2,1-2H3. The molecule has 1 aromatic carbocycles. The fourth-order valence-electron chi connectivity index (χ4n) is 1.87. The van der Waals surface area contributed by atoms with E-state index in [1.807, 2.05) is 19.1 Å². The van der Waals surface area contributed by atoms with Crippen molar-refractivity contribution < 1.29 is 9.53 Å². The molecule has 0 saturated heterocycles. The summed E-state index contributed by atoms with van der Waals surface area (Å²) in [5, 5.41) is 0. The van der Waals surface area contributed by atoms with E-state index in [1.165, 1.54) is 12.0 Å². The number of benzene rings is 1. The lowest BCUT2D eigenvalue weighted by atomic mass is 10.1. The minimum atomic E-state index is -0.100. The van der Waals surface area contributed by atoms with Crippen molar-refractivity contribution in [3.8, 4) is 0 Å². The number of methoxy groups -OCH3 is 1. The second-order valence-corrected chi connectivity index (χ2v) is 6.11. The van der Waals surface area contributed by atoms with E-state index in [0.717, 1.165) is 29.8 Å². The van der Waals surface area contributed by atoms with Gasteiger partial charge in [0.1, 0.15) is 0 Å². The summed E-state index contributed by atoms with van der Waals surface area (Å²) < 4.78 is 4.74. The Hall–Kier alpha value is -1.16. The number of nitrogens with two attached hydrogens (primary N) is 1. The summed E-state index contributed by atoms with van der Waals surface area (Å²) in [6.07, 6.45) is 2.78. The van der Waals surface area contributed by atoms with Crippen molar-refractivity contribution in [2.75, 3.05) is 18.6 Å². The molecule has 2 N–H and O–H groups in total. The van der Waals surface area contributed by atoms with E-state index in [9.17, 15) is 4.79 Å². The van der Waals surface area contributed by atoms with Gasteiger partial charge in [-0.3, -0.25) is 4.79 Å². The van der Waals surface area contributed by atoms with Crippen molar-refractivity contribution in [2.45, 2.75) is 31.1 Å². The van der Waals surface area contributed by atoms with E-state index in [1.54, 1.807) is 11.8 Å². The third-order valence-corrected chi connectivity index (χ3v) is 4.84. The minimum absolute atomic E-state index is 0.100. The molecule has 1 saturated carbocycles.